The van der Waals surface area contributed by atoms with Crippen LogP contribution in [0.25, 0.3) is 11.3 Å². The Hall–Kier alpha value is -1.68. The third-order valence-corrected chi connectivity index (χ3v) is 3.36. The second kappa shape index (κ2) is 4.90. The van der Waals surface area contributed by atoms with Gasteiger partial charge in [0.1, 0.15) is 17.8 Å². The average molecular weight is 264 g/mol. The molecular formula is C13H14ClN3O. The summed E-state index contributed by atoms with van der Waals surface area (Å²) in [6, 6.07) is 1.97. The summed E-state index contributed by atoms with van der Waals surface area (Å²) in [6.07, 6.45) is 1.34. The fraction of sp³-hybridized carbons (Fsp3) is 0.308. The van der Waals surface area contributed by atoms with Crippen molar-refractivity contribution in [2.45, 2.75) is 20.8 Å². The molecule has 0 amide bonds. The van der Waals surface area contributed by atoms with Gasteiger partial charge >= 0.3 is 0 Å². The molecule has 0 bridgehead atoms. The minimum Gasteiger partial charge on any atom is -0.496 e. The molecule has 0 aliphatic carbocycles. The minimum absolute atomic E-state index is 0.362. The Labute approximate surface area is 111 Å². The molecule has 94 valence electrons. The molecule has 0 aliphatic rings. The predicted molar refractivity (Wildman–Crippen MR) is 71.0 cm³/mol. The molecule has 1 heterocycles. The molecule has 1 aromatic carbocycles. The van der Waals surface area contributed by atoms with Gasteiger partial charge in [0.15, 0.2) is 5.15 Å². The molecule has 2 aromatic rings. The molecule has 0 radical (unpaired) electrons. The lowest BCUT2D eigenvalue weighted by Crippen LogP contribution is -1.99. The van der Waals surface area contributed by atoms with Gasteiger partial charge in [-0.15, -0.1) is 10.2 Å². The number of aromatic nitrogens is 3. The zero-order valence-corrected chi connectivity index (χ0v) is 11.5. The normalized spacial score (nSPS) is 10.5. The standard InChI is InChI=1S/C13H14ClN3O/c1-7-5-10(18-4)8(2)9(3)11(7)12-13(14)15-6-16-17-12/h5-6H,1-4H3. The van der Waals surface area contributed by atoms with E-state index in [0.29, 0.717) is 10.8 Å². The second-order valence-corrected chi connectivity index (χ2v) is 4.48. The smallest absolute Gasteiger partial charge is 0.159 e. The van der Waals surface area contributed by atoms with Crippen LogP contribution in [0.4, 0.5) is 0 Å². The molecule has 0 fully saturated rings. The van der Waals surface area contributed by atoms with Crippen LogP contribution in [0.2, 0.25) is 5.15 Å². The Morgan fingerprint density at radius 2 is 1.89 bits per heavy atom. The van der Waals surface area contributed by atoms with Crippen molar-refractivity contribution in [3.8, 4) is 17.0 Å². The second-order valence-electron chi connectivity index (χ2n) is 4.12. The molecule has 18 heavy (non-hydrogen) atoms. The Kier molecular flexibility index (Phi) is 3.48. The van der Waals surface area contributed by atoms with Crippen LogP contribution in [-0.4, -0.2) is 22.3 Å². The lowest BCUT2D eigenvalue weighted by Gasteiger charge is -2.15. The maximum absolute atomic E-state index is 6.08. The third kappa shape index (κ3) is 2.04. The molecule has 2 rings (SSSR count). The Morgan fingerprint density at radius 3 is 2.50 bits per heavy atom. The van der Waals surface area contributed by atoms with Gasteiger partial charge in [-0.3, -0.25) is 0 Å². The fourth-order valence-corrected chi connectivity index (χ4v) is 2.21. The first-order valence-electron chi connectivity index (χ1n) is 5.54. The summed E-state index contributed by atoms with van der Waals surface area (Å²) in [6.45, 7) is 6.02. The van der Waals surface area contributed by atoms with Crippen molar-refractivity contribution in [2.75, 3.05) is 7.11 Å². The number of hydrogen-bond acceptors (Lipinski definition) is 4. The van der Waals surface area contributed by atoms with Crippen LogP contribution in [0.15, 0.2) is 12.4 Å². The van der Waals surface area contributed by atoms with E-state index in [9.17, 15) is 0 Å². The number of halogens is 1. The SMILES string of the molecule is COc1cc(C)c(-c2nncnc2Cl)c(C)c1C. The van der Waals surface area contributed by atoms with E-state index in [1.807, 2.05) is 26.8 Å². The zero-order valence-electron chi connectivity index (χ0n) is 10.8. The van der Waals surface area contributed by atoms with E-state index in [-0.39, 0.29) is 0 Å². The highest BCUT2D eigenvalue weighted by Gasteiger charge is 2.16. The van der Waals surface area contributed by atoms with Crippen LogP contribution in [-0.2, 0) is 0 Å². The first-order chi connectivity index (χ1) is 8.56. The van der Waals surface area contributed by atoms with E-state index in [0.717, 1.165) is 28.0 Å². The summed E-state index contributed by atoms with van der Waals surface area (Å²) in [7, 11) is 1.66. The predicted octanol–water partition coefficient (Wildman–Crippen LogP) is 3.13. The molecular weight excluding hydrogens is 250 g/mol. The first-order valence-corrected chi connectivity index (χ1v) is 5.92. The molecule has 0 aliphatic heterocycles. The topological polar surface area (TPSA) is 47.9 Å². The lowest BCUT2D eigenvalue weighted by atomic mass is 9.95. The molecule has 5 heteroatoms. The van der Waals surface area contributed by atoms with Gasteiger partial charge in [-0.05, 0) is 43.5 Å². The molecule has 0 saturated heterocycles. The third-order valence-electron chi connectivity index (χ3n) is 3.08. The van der Waals surface area contributed by atoms with Gasteiger partial charge < -0.3 is 4.74 Å². The highest BCUT2D eigenvalue weighted by atomic mass is 35.5. The van der Waals surface area contributed by atoms with E-state index in [2.05, 4.69) is 15.2 Å². The maximum Gasteiger partial charge on any atom is 0.159 e. The summed E-state index contributed by atoms with van der Waals surface area (Å²) < 4.78 is 5.34. The fourth-order valence-electron chi connectivity index (χ4n) is 2.04. The van der Waals surface area contributed by atoms with Gasteiger partial charge in [0, 0.05) is 5.56 Å². The van der Waals surface area contributed by atoms with Crippen molar-refractivity contribution < 1.29 is 4.74 Å². The highest BCUT2D eigenvalue weighted by molar-refractivity contribution is 6.31. The average Bonchev–Trinajstić information content (AvgIpc) is 2.36. The number of aryl methyl sites for hydroxylation is 1. The number of methoxy groups -OCH3 is 1. The maximum atomic E-state index is 6.08. The van der Waals surface area contributed by atoms with Crippen molar-refractivity contribution in [3.63, 3.8) is 0 Å². The molecule has 0 N–H and O–H groups in total. The van der Waals surface area contributed by atoms with Gasteiger partial charge in [0.25, 0.3) is 0 Å². The number of hydrogen-bond donors (Lipinski definition) is 0. The summed E-state index contributed by atoms with van der Waals surface area (Å²) in [4.78, 5) is 3.97. The summed E-state index contributed by atoms with van der Waals surface area (Å²) in [5, 5.41) is 8.24. The summed E-state index contributed by atoms with van der Waals surface area (Å²) in [5.41, 5.74) is 4.77. The van der Waals surface area contributed by atoms with E-state index in [4.69, 9.17) is 16.3 Å². The van der Waals surface area contributed by atoms with Crippen molar-refractivity contribution in [3.05, 3.63) is 34.2 Å². The number of benzene rings is 1. The molecule has 1 aromatic heterocycles. The molecule has 0 spiro atoms. The van der Waals surface area contributed by atoms with E-state index < -0.39 is 0 Å². The van der Waals surface area contributed by atoms with Gasteiger partial charge in [-0.25, -0.2) is 4.98 Å². The first kappa shape index (κ1) is 12.8. The van der Waals surface area contributed by atoms with Gasteiger partial charge in [-0.1, -0.05) is 11.6 Å². The van der Waals surface area contributed by atoms with Crippen LogP contribution in [0, 0.1) is 20.8 Å². The highest BCUT2D eigenvalue weighted by Crippen LogP contribution is 2.35. The van der Waals surface area contributed by atoms with Gasteiger partial charge in [0.05, 0.1) is 7.11 Å². The van der Waals surface area contributed by atoms with Crippen molar-refractivity contribution in [1.82, 2.24) is 15.2 Å². The quantitative estimate of drug-likeness (QED) is 0.835. The van der Waals surface area contributed by atoms with Gasteiger partial charge in [-0.2, -0.15) is 0 Å². The van der Waals surface area contributed by atoms with Crippen LogP contribution in [0.1, 0.15) is 16.7 Å². The summed E-state index contributed by atoms with van der Waals surface area (Å²) >= 11 is 6.08. The Bertz CT molecular complexity index is 599. The van der Waals surface area contributed by atoms with Crippen molar-refractivity contribution in [2.24, 2.45) is 0 Å². The van der Waals surface area contributed by atoms with Crippen LogP contribution in [0.3, 0.4) is 0 Å². The summed E-state index contributed by atoms with van der Waals surface area (Å²) in [5.74, 6) is 0.863. The van der Waals surface area contributed by atoms with Crippen LogP contribution >= 0.6 is 11.6 Å². The number of nitrogens with zero attached hydrogens (tertiary/aromatic N) is 3. The Balaban J connectivity index is 2.73. The number of ether oxygens (including phenoxy) is 1. The largest absolute Gasteiger partial charge is 0.496 e. The van der Waals surface area contributed by atoms with Crippen LogP contribution in [0.5, 0.6) is 5.75 Å². The van der Waals surface area contributed by atoms with Gasteiger partial charge in [0.2, 0.25) is 0 Å². The monoisotopic (exact) mass is 263 g/mol. The minimum atomic E-state index is 0.362. The van der Waals surface area contributed by atoms with Crippen molar-refractivity contribution in [1.29, 1.82) is 0 Å². The molecule has 0 unspecified atom stereocenters. The Morgan fingerprint density at radius 1 is 1.17 bits per heavy atom. The molecule has 0 saturated carbocycles. The molecule has 0 atom stereocenters. The lowest BCUT2D eigenvalue weighted by molar-refractivity contribution is 0.411. The van der Waals surface area contributed by atoms with E-state index in [1.165, 1.54) is 6.33 Å². The van der Waals surface area contributed by atoms with E-state index in [1.54, 1.807) is 7.11 Å². The van der Waals surface area contributed by atoms with Crippen molar-refractivity contribution >= 4 is 11.6 Å². The number of rotatable bonds is 2. The van der Waals surface area contributed by atoms with Crippen LogP contribution < -0.4 is 4.74 Å². The zero-order chi connectivity index (χ0) is 13.3. The molecule has 4 nitrogen and oxygen atoms in total. The van der Waals surface area contributed by atoms with E-state index >= 15 is 0 Å².